The molecule has 6 nitrogen and oxygen atoms in total. The molecule has 0 aliphatic carbocycles. The first kappa shape index (κ1) is 20.3. The largest absolute Gasteiger partial charge is 0.493 e. The summed E-state index contributed by atoms with van der Waals surface area (Å²) in [5, 5.41) is 12.1. The van der Waals surface area contributed by atoms with Crippen LogP contribution in [0.4, 0.5) is 0 Å². The average molecular weight is 390 g/mol. The van der Waals surface area contributed by atoms with Gasteiger partial charge in [0.05, 0.1) is 18.2 Å². The van der Waals surface area contributed by atoms with Crippen LogP contribution in [0.15, 0.2) is 48.2 Å². The van der Waals surface area contributed by atoms with E-state index in [-0.39, 0.29) is 16.8 Å². The van der Waals surface area contributed by atoms with Gasteiger partial charge < -0.3 is 19.9 Å². The molecule has 0 atom stereocenters. The zero-order valence-corrected chi connectivity index (χ0v) is 15.9. The molecular formula is C20H20ClNO5. The summed E-state index contributed by atoms with van der Waals surface area (Å²) in [6.45, 7) is 3.70. The normalized spacial score (nSPS) is 11.2. The van der Waals surface area contributed by atoms with Crippen molar-refractivity contribution in [3.63, 3.8) is 0 Å². The highest BCUT2D eigenvalue weighted by atomic mass is 35.5. The third-order valence-electron chi connectivity index (χ3n) is 3.43. The molecule has 0 saturated heterocycles. The summed E-state index contributed by atoms with van der Waals surface area (Å²) in [5.41, 5.74) is 0.499. The fraction of sp³-hybridized carbons (Fsp3) is 0.200. The topological polar surface area (TPSA) is 84.9 Å². The SMILES string of the molecule is COc1cc(/C=C(/NC(=O)c2ccccc2)C(=O)O)cc(Cl)c1OC(C)C. The van der Waals surface area contributed by atoms with Crippen LogP contribution in [0.2, 0.25) is 5.02 Å². The first-order valence-corrected chi connectivity index (χ1v) is 8.55. The first-order valence-electron chi connectivity index (χ1n) is 8.17. The number of nitrogens with one attached hydrogen (secondary N) is 1. The lowest BCUT2D eigenvalue weighted by atomic mass is 10.1. The molecule has 0 saturated carbocycles. The second-order valence-corrected chi connectivity index (χ2v) is 6.29. The number of benzene rings is 2. The second kappa shape index (κ2) is 9.09. The Morgan fingerprint density at radius 1 is 1.19 bits per heavy atom. The molecule has 1 amide bonds. The van der Waals surface area contributed by atoms with Crippen molar-refractivity contribution in [1.82, 2.24) is 5.32 Å². The number of hydrogen-bond donors (Lipinski definition) is 2. The van der Waals surface area contributed by atoms with Gasteiger partial charge in [0, 0.05) is 5.56 Å². The lowest BCUT2D eigenvalue weighted by Gasteiger charge is -2.16. The molecule has 2 N–H and O–H groups in total. The number of ether oxygens (including phenoxy) is 2. The van der Waals surface area contributed by atoms with Gasteiger partial charge in [-0.2, -0.15) is 0 Å². The summed E-state index contributed by atoms with van der Waals surface area (Å²) in [6.07, 6.45) is 1.19. The minimum Gasteiger partial charge on any atom is -0.493 e. The van der Waals surface area contributed by atoms with Gasteiger partial charge in [-0.1, -0.05) is 29.8 Å². The zero-order chi connectivity index (χ0) is 20.0. The first-order chi connectivity index (χ1) is 12.8. The van der Waals surface area contributed by atoms with Crippen molar-refractivity contribution in [1.29, 1.82) is 0 Å². The predicted octanol–water partition coefficient (Wildman–Crippen LogP) is 3.99. The maximum Gasteiger partial charge on any atom is 0.352 e. The number of hydrogen-bond acceptors (Lipinski definition) is 4. The summed E-state index contributed by atoms with van der Waals surface area (Å²) in [4.78, 5) is 23.8. The molecule has 7 heteroatoms. The number of carboxylic acid groups (broad SMARTS) is 1. The lowest BCUT2D eigenvalue weighted by molar-refractivity contribution is -0.132. The number of rotatable bonds is 7. The van der Waals surface area contributed by atoms with Gasteiger partial charge in [0.1, 0.15) is 5.70 Å². The standard InChI is InChI=1S/C20H20ClNO5/c1-12(2)27-18-15(21)9-13(11-17(18)26-3)10-16(20(24)25)22-19(23)14-7-5-4-6-8-14/h4-12H,1-3H3,(H,22,23)(H,24,25)/b16-10+. The number of methoxy groups -OCH3 is 1. The maximum absolute atomic E-state index is 12.2. The van der Waals surface area contributed by atoms with Gasteiger partial charge in [-0.25, -0.2) is 4.79 Å². The van der Waals surface area contributed by atoms with E-state index in [1.807, 2.05) is 13.8 Å². The van der Waals surface area contributed by atoms with Crippen molar-refractivity contribution in [2.75, 3.05) is 7.11 Å². The van der Waals surface area contributed by atoms with Crippen molar-refractivity contribution in [2.24, 2.45) is 0 Å². The molecule has 27 heavy (non-hydrogen) atoms. The summed E-state index contributed by atoms with van der Waals surface area (Å²) < 4.78 is 10.9. The Bertz CT molecular complexity index is 862. The second-order valence-electron chi connectivity index (χ2n) is 5.88. The van der Waals surface area contributed by atoms with Crippen LogP contribution in [0.1, 0.15) is 29.8 Å². The Morgan fingerprint density at radius 2 is 1.85 bits per heavy atom. The fourth-order valence-corrected chi connectivity index (χ4v) is 2.54. The van der Waals surface area contributed by atoms with Gasteiger partial charge >= 0.3 is 5.97 Å². The van der Waals surface area contributed by atoms with E-state index in [0.29, 0.717) is 22.6 Å². The predicted molar refractivity (Wildman–Crippen MR) is 103 cm³/mol. The third kappa shape index (κ3) is 5.49. The molecule has 0 unspecified atom stereocenters. The maximum atomic E-state index is 12.2. The van der Waals surface area contributed by atoms with Crippen molar-refractivity contribution in [3.05, 3.63) is 64.3 Å². The van der Waals surface area contributed by atoms with Crippen molar-refractivity contribution in [2.45, 2.75) is 20.0 Å². The van der Waals surface area contributed by atoms with E-state index in [9.17, 15) is 14.7 Å². The molecule has 0 fully saturated rings. The highest BCUT2D eigenvalue weighted by Crippen LogP contribution is 2.37. The van der Waals surface area contributed by atoms with Gasteiger partial charge in [-0.15, -0.1) is 0 Å². The van der Waals surface area contributed by atoms with Crippen LogP contribution in [0.25, 0.3) is 6.08 Å². The monoisotopic (exact) mass is 389 g/mol. The van der Waals surface area contributed by atoms with E-state index in [0.717, 1.165) is 0 Å². The Kier molecular flexibility index (Phi) is 6.85. The Labute approximate surface area is 162 Å². The summed E-state index contributed by atoms with van der Waals surface area (Å²) in [7, 11) is 1.46. The molecule has 0 bridgehead atoms. The summed E-state index contributed by atoms with van der Waals surface area (Å²) in [5.74, 6) is -1.07. The van der Waals surface area contributed by atoms with E-state index < -0.39 is 11.9 Å². The molecule has 0 heterocycles. The van der Waals surface area contributed by atoms with Crippen molar-refractivity contribution >= 4 is 29.6 Å². The third-order valence-corrected chi connectivity index (χ3v) is 3.71. The number of carbonyl (C=O) groups is 2. The molecule has 0 aromatic heterocycles. The molecule has 0 spiro atoms. The molecular weight excluding hydrogens is 370 g/mol. The van der Waals surface area contributed by atoms with Crippen LogP contribution < -0.4 is 14.8 Å². The number of carboxylic acids is 1. The van der Waals surface area contributed by atoms with E-state index in [2.05, 4.69) is 5.32 Å². The van der Waals surface area contributed by atoms with Gasteiger partial charge in [0.25, 0.3) is 5.91 Å². The highest BCUT2D eigenvalue weighted by Gasteiger charge is 2.16. The van der Waals surface area contributed by atoms with E-state index in [1.165, 1.54) is 13.2 Å². The molecule has 142 valence electrons. The quantitative estimate of drug-likeness (QED) is 0.699. The van der Waals surface area contributed by atoms with E-state index in [4.69, 9.17) is 21.1 Å². The number of aliphatic carboxylic acids is 1. The summed E-state index contributed by atoms with van der Waals surface area (Å²) in [6, 6.07) is 11.5. The Balaban J connectivity index is 2.36. The highest BCUT2D eigenvalue weighted by molar-refractivity contribution is 6.32. The van der Waals surface area contributed by atoms with Gasteiger partial charge in [-0.05, 0) is 49.8 Å². The van der Waals surface area contributed by atoms with E-state index >= 15 is 0 Å². The molecule has 0 radical (unpaired) electrons. The smallest absolute Gasteiger partial charge is 0.352 e. The molecule has 2 rings (SSSR count). The van der Waals surface area contributed by atoms with E-state index in [1.54, 1.807) is 42.5 Å². The minimum absolute atomic E-state index is 0.113. The zero-order valence-electron chi connectivity index (χ0n) is 15.2. The number of amides is 1. The van der Waals surface area contributed by atoms with Gasteiger partial charge in [-0.3, -0.25) is 4.79 Å². The van der Waals surface area contributed by atoms with Gasteiger partial charge in [0.2, 0.25) is 0 Å². The fourth-order valence-electron chi connectivity index (χ4n) is 2.28. The molecule has 0 aliphatic heterocycles. The number of carbonyl (C=O) groups excluding carboxylic acids is 1. The lowest BCUT2D eigenvalue weighted by Crippen LogP contribution is -2.27. The van der Waals surface area contributed by atoms with Crippen molar-refractivity contribution in [3.8, 4) is 11.5 Å². The van der Waals surface area contributed by atoms with Crippen LogP contribution in [0.3, 0.4) is 0 Å². The molecule has 0 aliphatic rings. The summed E-state index contributed by atoms with van der Waals surface area (Å²) >= 11 is 6.25. The Hall–Kier alpha value is -2.99. The van der Waals surface area contributed by atoms with Crippen LogP contribution in [0.5, 0.6) is 11.5 Å². The average Bonchev–Trinajstić information content (AvgIpc) is 2.63. The van der Waals surface area contributed by atoms with Crippen molar-refractivity contribution < 1.29 is 24.2 Å². The van der Waals surface area contributed by atoms with Crippen LogP contribution >= 0.6 is 11.6 Å². The number of halogens is 1. The van der Waals surface area contributed by atoms with Crippen LogP contribution in [-0.4, -0.2) is 30.2 Å². The van der Waals surface area contributed by atoms with Crippen LogP contribution in [-0.2, 0) is 4.79 Å². The molecule has 2 aromatic carbocycles. The minimum atomic E-state index is -1.28. The Morgan fingerprint density at radius 3 is 2.41 bits per heavy atom. The van der Waals surface area contributed by atoms with Crippen LogP contribution in [0, 0.1) is 0 Å². The van der Waals surface area contributed by atoms with Gasteiger partial charge in [0.15, 0.2) is 11.5 Å². The molecule has 2 aromatic rings.